The summed E-state index contributed by atoms with van der Waals surface area (Å²) in [6.45, 7) is 0. The van der Waals surface area contributed by atoms with Crippen LogP contribution in [0.2, 0.25) is 0 Å². The summed E-state index contributed by atoms with van der Waals surface area (Å²) < 4.78 is 46.5. The molecule has 0 fully saturated rings. The maximum absolute atomic E-state index is 11.7. The second kappa shape index (κ2) is 1.71. The molecule has 0 aliphatic carbocycles. The Morgan fingerprint density at radius 2 is 1.78 bits per heavy atom. The smallest absolute Gasteiger partial charge is 0.180 e. The molecule has 0 unspecified atom stereocenters. The van der Waals surface area contributed by atoms with Crippen LogP contribution in [0.4, 0.5) is 17.7 Å². The molecule has 1 aromatic rings. The number of hydrogen-bond donors (Lipinski definition) is 0. The van der Waals surface area contributed by atoms with E-state index >= 15 is 0 Å². The van der Waals surface area contributed by atoms with E-state index < -0.39 is 22.8 Å². The van der Waals surface area contributed by atoms with Crippen molar-refractivity contribution in [2.45, 2.75) is 0 Å². The van der Waals surface area contributed by atoms with Crippen molar-refractivity contribution >= 4 is 0 Å². The maximum Gasteiger partial charge on any atom is 0.323 e. The molecular formula is C3F4N2. The number of hydrogen-bond acceptors (Lipinski definition) is 1. The van der Waals surface area contributed by atoms with Crippen LogP contribution in [0.1, 0.15) is 0 Å². The Hall–Kier alpha value is -1.07. The molecule has 2 nitrogen and oxygen atoms in total. The van der Waals surface area contributed by atoms with Gasteiger partial charge in [-0.1, -0.05) is 4.48 Å². The van der Waals surface area contributed by atoms with Gasteiger partial charge in [0.2, 0.25) is 0 Å². The Labute approximate surface area is 46.7 Å². The molecule has 0 radical (unpaired) electrons. The van der Waals surface area contributed by atoms with Crippen molar-refractivity contribution in [1.29, 1.82) is 0 Å². The zero-order valence-electron chi connectivity index (χ0n) is 3.91. The molecular weight excluding hydrogens is 140 g/mol. The normalized spacial score (nSPS) is 10.2. The van der Waals surface area contributed by atoms with Crippen LogP contribution in [-0.4, -0.2) is 9.77 Å². The summed E-state index contributed by atoms with van der Waals surface area (Å²) in [5, 5.41) is 0. The van der Waals surface area contributed by atoms with Gasteiger partial charge in [-0.3, -0.25) is 0 Å². The first-order valence-corrected chi connectivity index (χ1v) is 1.88. The van der Waals surface area contributed by atoms with E-state index in [-0.39, 0.29) is 0 Å². The lowest BCUT2D eigenvalue weighted by atomic mass is 10.9. The molecule has 1 aromatic heterocycles. The van der Waals surface area contributed by atoms with E-state index in [0.717, 1.165) is 0 Å². The van der Waals surface area contributed by atoms with Crippen molar-refractivity contribution in [3.05, 3.63) is 18.0 Å². The average molecular weight is 140 g/mol. The van der Waals surface area contributed by atoms with Crippen molar-refractivity contribution in [3.63, 3.8) is 0 Å². The van der Waals surface area contributed by atoms with Gasteiger partial charge in [0.05, 0.1) is 0 Å². The van der Waals surface area contributed by atoms with E-state index in [0.29, 0.717) is 0 Å². The van der Waals surface area contributed by atoms with Crippen LogP contribution in [0.5, 0.6) is 0 Å². The molecule has 0 saturated heterocycles. The van der Waals surface area contributed by atoms with E-state index in [2.05, 4.69) is 4.98 Å². The molecule has 0 saturated carbocycles. The van der Waals surface area contributed by atoms with E-state index in [1.807, 2.05) is 0 Å². The van der Waals surface area contributed by atoms with E-state index in [1.54, 1.807) is 0 Å². The van der Waals surface area contributed by atoms with Gasteiger partial charge in [0.25, 0.3) is 11.9 Å². The monoisotopic (exact) mass is 140 g/mol. The van der Waals surface area contributed by atoms with Gasteiger partial charge < -0.3 is 0 Å². The van der Waals surface area contributed by atoms with Crippen molar-refractivity contribution in [3.8, 4) is 0 Å². The third-order valence-electron chi connectivity index (χ3n) is 0.695. The quantitative estimate of drug-likeness (QED) is 0.492. The first-order chi connectivity index (χ1) is 4.13. The Kier molecular flexibility index (Phi) is 1.15. The standard InChI is InChI=1S/C3F4N2/c4-1-2(5)9(7)3(6)8-1. The minimum Gasteiger partial charge on any atom is -0.180 e. The number of halogens is 4. The molecule has 0 atom stereocenters. The van der Waals surface area contributed by atoms with Crippen molar-refractivity contribution in [2.75, 3.05) is 0 Å². The summed E-state index contributed by atoms with van der Waals surface area (Å²) in [5.41, 5.74) is 0. The van der Waals surface area contributed by atoms with Crippen LogP contribution in [0.3, 0.4) is 0 Å². The zero-order valence-corrected chi connectivity index (χ0v) is 3.91. The summed E-state index contributed by atoms with van der Waals surface area (Å²) in [5.74, 6) is -3.73. The van der Waals surface area contributed by atoms with E-state index in [9.17, 15) is 17.7 Å². The lowest BCUT2D eigenvalue weighted by molar-refractivity contribution is 0.237. The summed E-state index contributed by atoms with van der Waals surface area (Å²) in [6.07, 6.45) is -1.83. The lowest BCUT2D eigenvalue weighted by Gasteiger charge is -1.80. The fraction of sp³-hybridized carbons (Fsp3) is 0. The van der Waals surface area contributed by atoms with Gasteiger partial charge in [-0.05, 0) is 0 Å². The van der Waals surface area contributed by atoms with Crippen LogP contribution in [-0.2, 0) is 0 Å². The third kappa shape index (κ3) is 0.756. The highest BCUT2D eigenvalue weighted by molar-refractivity contribution is 4.81. The van der Waals surface area contributed by atoms with Gasteiger partial charge in [0.15, 0.2) is 0 Å². The van der Waals surface area contributed by atoms with Crippen molar-refractivity contribution < 1.29 is 17.7 Å². The Morgan fingerprint density at radius 3 is 1.89 bits per heavy atom. The minimum absolute atomic E-state index is 1.12. The summed E-state index contributed by atoms with van der Waals surface area (Å²) in [4.78, 5) is 1.07. The average Bonchev–Trinajstić information content (AvgIpc) is 1.98. The highest BCUT2D eigenvalue weighted by Gasteiger charge is 2.15. The Morgan fingerprint density at radius 1 is 1.22 bits per heavy atom. The molecule has 0 aliphatic heterocycles. The largest absolute Gasteiger partial charge is 0.323 e. The van der Waals surface area contributed by atoms with Crippen LogP contribution in [0.25, 0.3) is 0 Å². The summed E-state index contributed by atoms with van der Waals surface area (Å²) >= 11 is 0. The lowest BCUT2D eigenvalue weighted by Crippen LogP contribution is -1.89. The molecule has 9 heavy (non-hydrogen) atoms. The molecule has 0 amide bonds. The molecule has 0 N–H and O–H groups in total. The number of imidazole rings is 1. The van der Waals surface area contributed by atoms with Gasteiger partial charge in [-0.2, -0.15) is 18.2 Å². The summed E-state index contributed by atoms with van der Waals surface area (Å²) in [7, 11) is 0. The first kappa shape index (κ1) is 6.06. The van der Waals surface area contributed by atoms with Crippen LogP contribution in [0.15, 0.2) is 0 Å². The molecule has 1 heterocycles. The zero-order chi connectivity index (χ0) is 7.02. The van der Waals surface area contributed by atoms with Gasteiger partial charge in [0, 0.05) is 0 Å². The third-order valence-corrected chi connectivity index (χ3v) is 0.695. The number of nitrogens with zero attached hydrogens (tertiary/aromatic N) is 2. The molecule has 50 valence electrons. The van der Waals surface area contributed by atoms with E-state index in [1.165, 1.54) is 0 Å². The highest BCUT2D eigenvalue weighted by atomic mass is 19.2. The fourth-order valence-electron chi connectivity index (χ4n) is 0.333. The molecule has 0 aromatic carbocycles. The van der Waals surface area contributed by atoms with Gasteiger partial charge in [-0.25, -0.2) is 0 Å². The highest BCUT2D eigenvalue weighted by Crippen LogP contribution is 2.05. The molecule has 1 rings (SSSR count). The van der Waals surface area contributed by atoms with Crippen molar-refractivity contribution in [1.82, 2.24) is 9.77 Å². The number of aromatic nitrogens is 2. The predicted molar refractivity (Wildman–Crippen MR) is 18.6 cm³/mol. The van der Waals surface area contributed by atoms with E-state index in [4.69, 9.17) is 0 Å². The predicted octanol–water partition coefficient (Wildman–Crippen LogP) is 1.03. The maximum atomic E-state index is 11.7. The molecule has 6 heteroatoms. The van der Waals surface area contributed by atoms with Crippen LogP contribution < -0.4 is 0 Å². The first-order valence-electron chi connectivity index (χ1n) is 1.88. The second-order valence-electron chi connectivity index (χ2n) is 1.24. The SMILES string of the molecule is Fc1nc(F)n(F)c1F. The number of rotatable bonds is 0. The second-order valence-corrected chi connectivity index (χ2v) is 1.24. The minimum atomic E-state index is -1.95. The molecule has 0 spiro atoms. The van der Waals surface area contributed by atoms with Gasteiger partial charge >= 0.3 is 6.08 Å². The summed E-state index contributed by atoms with van der Waals surface area (Å²) in [6, 6.07) is 0. The molecule has 0 aliphatic rings. The topological polar surface area (TPSA) is 17.8 Å². The fourth-order valence-corrected chi connectivity index (χ4v) is 0.333. The van der Waals surface area contributed by atoms with Crippen LogP contribution >= 0.6 is 0 Å². The van der Waals surface area contributed by atoms with Gasteiger partial charge in [0.1, 0.15) is 0 Å². The molecule has 0 bridgehead atoms. The van der Waals surface area contributed by atoms with Gasteiger partial charge in [-0.15, -0.1) is 4.79 Å². The Bertz CT molecular complexity index is 207. The van der Waals surface area contributed by atoms with Crippen LogP contribution in [0, 0.1) is 18.0 Å². The van der Waals surface area contributed by atoms with Crippen molar-refractivity contribution in [2.24, 2.45) is 0 Å². The Balaban J connectivity index is 3.29.